The molecular formula is C17H16BrF2N3O3S. The third-order valence-corrected chi connectivity index (χ3v) is 6.11. The highest BCUT2D eigenvalue weighted by molar-refractivity contribution is 9.10. The van der Waals surface area contributed by atoms with E-state index in [1.54, 1.807) is 20.8 Å². The average molecular weight is 460 g/mol. The van der Waals surface area contributed by atoms with Crippen molar-refractivity contribution in [1.29, 1.82) is 0 Å². The molecule has 1 aliphatic rings. The zero-order chi connectivity index (χ0) is 19.9. The molecule has 2 atom stereocenters. The zero-order valence-electron chi connectivity index (χ0n) is 14.6. The number of amides is 1. The van der Waals surface area contributed by atoms with Crippen LogP contribution in [0, 0.1) is 25.5 Å². The standard InChI is InChI=1S/C17H16BrF2N3O3S/c1-7-14(8(2)26-23-7)13-6-17(3,22-15(27-13)21-16(24)25)9-4-10(18)12(20)5-11(9)19/h4-5,13H,6H2,1-3H3,(H,21,22)(H,24,25)/t13-,17-/m0/s1. The van der Waals surface area contributed by atoms with Crippen LogP contribution < -0.4 is 5.32 Å². The smallest absolute Gasteiger partial charge is 0.410 e. The predicted molar refractivity (Wildman–Crippen MR) is 101 cm³/mol. The summed E-state index contributed by atoms with van der Waals surface area (Å²) in [5.74, 6) is -0.870. The Kier molecular flexibility index (Phi) is 5.31. The Labute approximate surface area is 166 Å². The highest BCUT2D eigenvalue weighted by Crippen LogP contribution is 2.49. The minimum absolute atomic E-state index is 0.107. The van der Waals surface area contributed by atoms with Crippen LogP contribution in [-0.2, 0) is 5.54 Å². The summed E-state index contributed by atoms with van der Waals surface area (Å²) < 4.78 is 33.6. The monoisotopic (exact) mass is 459 g/mol. The number of nitrogens with one attached hydrogen (secondary N) is 1. The van der Waals surface area contributed by atoms with Gasteiger partial charge in [-0.2, -0.15) is 0 Å². The minimum Gasteiger partial charge on any atom is -0.465 e. The summed E-state index contributed by atoms with van der Waals surface area (Å²) in [5, 5.41) is 15.2. The molecule has 0 spiro atoms. The first kappa shape index (κ1) is 19.8. The number of hydrogen-bond donors (Lipinski definition) is 2. The number of thioether (sulfide) groups is 1. The second kappa shape index (κ2) is 7.23. The minimum atomic E-state index is -1.27. The summed E-state index contributed by atoms with van der Waals surface area (Å²) in [4.78, 5) is 15.6. The molecule has 6 nitrogen and oxygen atoms in total. The van der Waals surface area contributed by atoms with E-state index in [1.807, 2.05) is 0 Å². The summed E-state index contributed by atoms with van der Waals surface area (Å²) in [7, 11) is 0. The summed E-state index contributed by atoms with van der Waals surface area (Å²) >= 11 is 4.28. The Morgan fingerprint density at radius 2 is 2.11 bits per heavy atom. The highest BCUT2D eigenvalue weighted by Gasteiger charge is 2.40. The van der Waals surface area contributed by atoms with Crippen LogP contribution in [0.4, 0.5) is 13.6 Å². The lowest BCUT2D eigenvalue weighted by Gasteiger charge is -2.35. The fraction of sp³-hybridized carbons (Fsp3) is 0.353. The molecule has 1 aromatic carbocycles. The fourth-order valence-electron chi connectivity index (χ4n) is 3.20. The molecule has 3 rings (SSSR count). The van der Waals surface area contributed by atoms with E-state index < -0.39 is 23.3 Å². The number of benzene rings is 1. The van der Waals surface area contributed by atoms with Crippen molar-refractivity contribution >= 4 is 39.0 Å². The van der Waals surface area contributed by atoms with E-state index in [1.165, 1.54) is 17.8 Å². The van der Waals surface area contributed by atoms with E-state index in [9.17, 15) is 13.6 Å². The lowest BCUT2D eigenvalue weighted by Crippen LogP contribution is -2.36. The Hall–Kier alpha value is -1.94. The summed E-state index contributed by atoms with van der Waals surface area (Å²) in [5.41, 5.74) is 0.527. The van der Waals surface area contributed by atoms with Gasteiger partial charge in [0.1, 0.15) is 17.4 Å². The second-order valence-electron chi connectivity index (χ2n) is 6.42. The highest BCUT2D eigenvalue weighted by atomic mass is 79.9. The van der Waals surface area contributed by atoms with Crippen molar-refractivity contribution in [3.63, 3.8) is 0 Å². The van der Waals surface area contributed by atoms with Gasteiger partial charge in [0, 0.05) is 22.4 Å². The van der Waals surface area contributed by atoms with Crippen LogP contribution in [0.15, 0.2) is 26.1 Å². The third kappa shape index (κ3) is 3.86. The number of amidine groups is 1. The van der Waals surface area contributed by atoms with E-state index >= 15 is 0 Å². The first-order valence-electron chi connectivity index (χ1n) is 7.95. The van der Waals surface area contributed by atoms with Gasteiger partial charge >= 0.3 is 6.09 Å². The number of aliphatic imine (C=N–C) groups is 1. The van der Waals surface area contributed by atoms with Gasteiger partial charge in [0.25, 0.3) is 0 Å². The number of aryl methyl sites for hydroxylation is 2. The molecule has 0 bridgehead atoms. The molecule has 0 unspecified atom stereocenters. The Morgan fingerprint density at radius 1 is 1.41 bits per heavy atom. The van der Waals surface area contributed by atoms with Crippen LogP contribution in [0.3, 0.4) is 0 Å². The maximum Gasteiger partial charge on any atom is 0.410 e. The second-order valence-corrected chi connectivity index (χ2v) is 8.46. The molecule has 0 saturated heterocycles. The molecule has 10 heteroatoms. The van der Waals surface area contributed by atoms with Crippen LogP contribution >= 0.6 is 27.7 Å². The van der Waals surface area contributed by atoms with E-state index in [4.69, 9.17) is 9.63 Å². The number of halogens is 3. The fourth-order valence-corrected chi connectivity index (χ4v) is 5.07. The van der Waals surface area contributed by atoms with E-state index in [-0.39, 0.29) is 20.5 Å². The number of carbonyl (C=O) groups is 1. The van der Waals surface area contributed by atoms with Crippen LogP contribution in [-0.4, -0.2) is 21.5 Å². The molecular weight excluding hydrogens is 444 g/mol. The molecule has 1 amide bonds. The molecule has 0 radical (unpaired) electrons. The summed E-state index contributed by atoms with van der Waals surface area (Å²) in [6, 6.07) is 2.13. The van der Waals surface area contributed by atoms with Gasteiger partial charge in [0.2, 0.25) is 0 Å². The Bertz CT molecular complexity index is 930. The number of carboxylic acid groups (broad SMARTS) is 1. The lowest BCUT2D eigenvalue weighted by atomic mass is 9.85. The Balaban J connectivity index is 2.12. The normalized spacial score (nSPS) is 22.4. The molecule has 1 aliphatic heterocycles. The number of aromatic nitrogens is 1. The van der Waals surface area contributed by atoms with Gasteiger partial charge in [-0.25, -0.2) is 13.6 Å². The van der Waals surface area contributed by atoms with Gasteiger partial charge in [-0.05, 0) is 49.2 Å². The van der Waals surface area contributed by atoms with E-state index in [0.717, 1.165) is 11.6 Å². The third-order valence-electron chi connectivity index (χ3n) is 4.40. The Morgan fingerprint density at radius 3 is 2.70 bits per heavy atom. The summed E-state index contributed by atoms with van der Waals surface area (Å²) in [6.07, 6.45) is -0.927. The number of rotatable bonds is 2. The number of nitrogens with zero attached hydrogens (tertiary/aromatic N) is 2. The molecule has 27 heavy (non-hydrogen) atoms. The zero-order valence-corrected chi connectivity index (χ0v) is 17.0. The summed E-state index contributed by atoms with van der Waals surface area (Å²) in [6.45, 7) is 5.23. The van der Waals surface area contributed by atoms with Crippen molar-refractivity contribution in [2.24, 2.45) is 4.99 Å². The largest absolute Gasteiger partial charge is 0.465 e. The lowest BCUT2D eigenvalue weighted by molar-refractivity contribution is 0.200. The molecule has 2 aromatic rings. The topological polar surface area (TPSA) is 87.7 Å². The first-order valence-corrected chi connectivity index (χ1v) is 9.62. The van der Waals surface area contributed by atoms with Gasteiger partial charge in [0.15, 0.2) is 5.17 Å². The van der Waals surface area contributed by atoms with Crippen LogP contribution in [0.2, 0.25) is 0 Å². The van der Waals surface area contributed by atoms with Crippen molar-refractivity contribution < 1.29 is 23.2 Å². The SMILES string of the molecule is Cc1noc(C)c1[C@@H]1C[C@@](C)(c2cc(Br)c(F)cc2F)N=C(NC(=O)O)S1. The molecule has 1 aromatic heterocycles. The van der Waals surface area contributed by atoms with Crippen molar-refractivity contribution in [3.8, 4) is 0 Å². The van der Waals surface area contributed by atoms with Crippen molar-refractivity contribution in [2.75, 3.05) is 0 Å². The van der Waals surface area contributed by atoms with Crippen LogP contribution in [0.25, 0.3) is 0 Å². The van der Waals surface area contributed by atoms with Gasteiger partial charge < -0.3 is 9.63 Å². The van der Waals surface area contributed by atoms with Crippen LogP contribution in [0.5, 0.6) is 0 Å². The average Bonchev–Trinajstić information content (AvgIpc) is 2.88. The quantitative estimate of drug-likeness (QED) is 0.613. The maximum absolute atomic E-state index is 14.6. The van der Waals surface area contributed by atoms with Crippen molar-refractivity contribution in [1.82, 2.24) is 10.5 Å². The predicted octanol–water partition coefficient (Wildman–Crippen LogP) is 5.05. The maximum atomic E-state index is 14.6. The van der Waals surface area contributed by atoms with Crippen molar-refractivity contribution in [3.05, 3.63) is 50.8 Å². The molecule has 0 fully saturated rings. The molecule has 0 saturated carbocycles. The van der Waals surface area contributed by atoms with Crippen LogP contribution in [0.1, 0.15) is 41.2 Å². The first-order chi connectivity index (χ1) is 12.6. The van der Waals surface area contributed by atoms with Crippen molar-refractivity contribution in [2.45, 2.75) is 38.0 Å². The van der Waals surface area contributed by atoms with Gasteiger partial charge in [-0.3, -0.25) is 10.3 Å². The molecule has 2 N–H and O–H groups in total. The molecule has 2 heterocycles. The molecule has 144 valence electrons. The van der Waals surface area contributed by atoms with E-state index in [2.05, 4.69) is 31.4 Å². The van der Waals surface area contributed by atoms with Gasteiger partial charge in [-0.1, -0.05) is 16.9 Å². The van der Waals surface area contributed by atoms with Gasteiger partial charge in [0.05, 0.1) is 15.7 Å². The van der Waals surface area contributed by atoms with E-state index in [0.29, 0.717) is 17.9 Å². The van der Waals surface area contributed by atoms with Gasteiger partial charge in [-0.15, -0.1) is 0 Å². The molecule has 0 aliphatic carbocycles. The number of hydrogen-bond acceptors (Lipinski definition) is 5.